The van der Waals surface area contributed by atoms with Gasteiger partial charge in [0.1, 0.15) is 0 Å². The molecule has 1 aliphatic carbocycles. The van der Waals surface area contributed by atoms with E-state index in [0.29, 0.717) is 6.04 Å². The molecule has 17 heavy (non-hydrogen) atoms. The van der Waals surface area contributed by atoms with Gasteiger partial charge >= 0.3 is 0 Å². The summed E-state index contributed by atoms with van der Waals surface area (Å²) >= 11 is 0. The van der Waals surface area contributed by atoms with Gasteiger partial charge in [0.25, 0.3) is 0 Å². The minimum atomic E-state index is 0.495. The van der Waals surface area contributed by atoms with Crippen molar-refractivity contribution in [2.75, 3.05) is 7.05 Å². The Bertz CT molecular complexity index is 535. The van der Waals surface area contributed by atoms with E-state index in [9.17, 15) is 0 Å². The van der Waals surface area contributed by atoms with Crippen molar-refractivity contribution in [2.24, 2.45) is 11.8 Å². The Kier molecular flexibility index (Phi) is 2.60. The SMILES string of the molecule is CNC(c1ccc2ncccc2c1)C1CC1C. The van der Waals surface area contributed by atoms with E-state index in [1.165, 1.54) is 17.4 Å². The van der Waals surface area contributed by atoms with Crippen LogP contribution in [0.2, 0.25) is 0 Å². The Morgan fingerprint density at radius 1 is 1.35 bits per heavy atom. The molecule has 1 aromatic carbocycles. The maximum Gasteiger partial charge on any atom is 0.0702 e. The standard InChI is InChI=1S/C15H18N2/c1-10-8-13(10)15(16-2)12-5-6-14-11(9-12)4-3-7-17-14/h3-7,9-10,13,15-16H,8H2,1-2H3. The number of nitrogens with zero attached hydrogens (tertiary/aromatic N) is 1. The van der Waals surface area contributed by atoms with Crippen molar-refractivity contribution >= 4 is 10.9 Å². The van der Waals surface area contributed by atoms with E-state index in [0.717, 1.165) is 17.4 Å². The minimum Gasteiger partial charge on any atom is -0.313 e. The van der Waals surface area contributed by atoms with Crippen LogP contribution in [0.4, 0.5) is 0 Å². The first-order chi connectivity index (χ1) is 8.29. The molecule has 3 unspecified atom stereocenters. The summed E-state index contributed by atoms with van der Waals surface area (Å²) in [5.41, 5.74) is 2.47. The molecule has 0 radical (unpaired) electrons. The van der Waals surface area contributed by atoms with E-state index in [1.807, 2.05) is 12.3 Å². The zero-order chi connectivity index (χ0) is 11.8. The zero-order valence-corrected chi connectivity index (χ0v) is 10.4. The van der Waals surface area contributed by atoms with Crippen molar-refractivity contribution in [3.05, 3.63) is 42.1 Å². The molecular weight excluding hydrogens is 208 g/mol. The van der Waals surface area contributed by atoms with Crippen LogP contribution in [-0.2, 0) is 0 Å². The first kappa shape index (κ1) is 10.7. The number of aromatic nitrogens is 1. The van der Waals surface area contributed by atoms with E-state index in [1.54, 1.807) is 0 Å². The van der Waals surface area contributed by atoms with Crippen molar-refractivity contribution in [3.8, 4) is 0 Å². The number of rotatable bonds is 3. The van der Waals surface area contributed by atoms with Gasteiger partial charge in [0, 0.05) is 17.6 Å². The van der Waals surface area contributed by atoms with Crippen LogP contribution in [0.15, 0.2) is 36.5 Å². The lowest BCUT2D eigenvalue weighted by Crippen LogP contribution is -2.18. The van der Waals surface area contributed by atoms with Crippen LogP contribution in [0, 0.1) is 11.8 Å². The van der Waals surface area contributed by atoms with Crippen molar-refractivity contribution in [3.63, 3.8) is 0 Å². The third-order valence-corrected chi connectivity index (χ3v) is 3.90. The predicted octanol–water partition coefficient (Wildman–Crippen LogP) is 3.15. The average molecular weight is 226 g/mol. The summed E-state index contributed by atoms with van der Waals surface area (Å²) in [6.07, 6.45) is 3.19. The molecule has 3 atom stereocenters. The number of fused-ring (bicyclic) bond motifs is 1. The van der Waals surface area contributed by atoms with E-state index in [-0.39, 0.29) is 0 Å². The summed E-state index contributed by atoms with van der Waals surface area (Å²) in [5, 5.41) is 4.69. The predicted molar refractivity (Wildman–Crippen MR) is 70.8 cm³/mol. The molecular formula is C15H18N2. The summed E-state index contributed by atoms with van der Waals surface area (Å²) < 4.78 is 0. The Balaban J connectivity index is 1.99. The summed E-state index contributed by atoms with van der Waals surface area (Å²) in [6, 6.07) is 11.2. The maximum absolute atomic E-state index is 4.36. The highest BCUT2D eigenvalue weighted by atomic mass is 14.9. The molecule has 3 rings (SSSR count). The van der Waals surface area contributed by atoms with Crippen molar-refractivity contribution in [1.82, 2.24) is 10.3 Å². The number of hydrogen-bond acceptors (Lipinski definition) is 2. The molecule has 88 valence electrons. The molecule has 0 amide bonds. The lowest BCUT2D eigenvalue weighted by atomic mass is 9.99. The van der Waals surface area contributed by atoms with E-state index in [4.69, 9.17) is 0 Å². The van der Waals surface area contributed by atoms with Crippen LogP contribution >= 0.6 is 0 Å². The molecule has 2 aromatic rings. The van der Waals surface area contributed by atoms with Crippen LogP contribution in [0.25, 0.3) is 10.9 Å². The van der Waals surface area contributed by atoms with E-state index < -0.39 is 0 Å². The van der Waals surface area contributed by atoms with Gasteiger partial charge in [-0.15, -0.1) is 0 Å². The topological polar surface area (TPSA) is 24.9 Å². The molecule has 2 nitrogen and oxygen atoms in total. The Hall–Kier alpha value is -1.41. The first-order valence-electron chi connectivity index (χ1n) is 6.31. The summed E-state index contributed by atoms with van der Waals surface area (Å²) in [5.74, 6) is 1.66. The van der Waals surface area contributed by atoms with Gasteiger partial charge in [-0.25, -0.2) is 0 Å². The summed E-state index contributed by atoms with van der Waals surface area (Å²) in [7, 11) is 2.06. The number of hydrogen-bond donors (Lipinski definition) is 1. The fourth-order valence-corrected chi connectivity index (χ4v) is 2.73. The minimum absolute atomic E-state index is 0.495. The van der Waals surface area contributed by atoms with Crippen molar-refractivity contribution in [1.29, 1.82) is 0 Å². The van der Waals surface area contributed by atoms with Crippen LogP contribution in [0.5, 0.6) is 0 Å². The highest BCUT2D eigenvalue weighted by molar-refractivity contribution is 5.79. The van der Waals surface area contributed by atoms with Crippen LogP contribution in [-0.4, -0.2) is 12.0 Å². The van der Waals surface area contributed by atoms with Crippen molar-refractivity contribution < 1.29 is 0 Å². The monoisotopic (exact) mass is 226 g/mol. The van der Waals surface area contributed by atoms with Gasteiger partial charge in [-0.1, -0.05) is 19.1 Å². The van der Waals surface area contributed by atoms with E-state index >= 15 is 0 Å². The smallest absolute Gasteiger partial charge is 0.0702 e. The fraction of sp³-hybridized carbons (Fsp3) is 0.400. The maximum atomic E-state index is 4.36. The number of nitrogens with one attached hydrogen (secondary N) is 1. The van der Waals surface area contributed by atoms with Crippen LogP contribution < -0.4 is 5.32 Å². The Morgan fingerprint density at radius 2 is 2.18 bits per heavy atom. The van der Waals surface area contributed by atoms with Gasteiger partial charge in [-0.3, -0.25) is 4.98 Å². The lowest BCUT2D eigenvalue weighted by molar-refractivity contribution is 0.504. The lowest BCUT2D eigenvalue weighted by Gasteiger charge is -2.17. The van der Waals surface area contributed by atoms with Gasteiger partial charge in [0.05, 0.1) is 5.52 Å². The Labute approximate surface area is 102 Å². The van der Waals surface area contributed by atoms with Crippen LogP contribution in [0.1, 0.15) is 24.9 Å². The molecule has 1 aliphatic rings. The van der Waals surface area contributed by atoms with Gasteiger partial charge < -0.3 is 5.32 Å². The van der Waals surface area contributed by atoms with Crippen LogP contribution in [0.3, 0.4) is 0 Å². The molecule has 1 fully saturated rings. The molecule has 1 heterocycles. The molecule has 0 saturated heterocycles. The average Bonchev–Trinajstić information content (AvgIpc) is 3.07. The first-order valence-corrected chi connectivity index (χ1v) is 6.31. The molecule has 1 aromatic heterocycles. The molecule has 0 bridgehead atoms. The molecule has 0 aliphatic heterocycles. The largest absolute Gasteiger partial charge is 0.313 e. The second-order valence-electron chi connectivity index (χ2n) is 5.10. The number of pyridine rings is 1. The summed E-state index contributed by atoms with van der Waals surface area (Å²) in [4.78, 5) is 4.36. The second kappa shape index (κ2) is 4.11. The van der Waals surface area contributed by atoms with Gasteiger partial charge in [-0.2, -0.15) is 0 Å². The quantitative estimate of drug-likeness (QED) is 0.869. The van der Waals surface area contributed by atoms with Crippen molar-refractivity contribution in [2.45, 2.75) is 19.4 Å². The van der Waals surface area contributed by atoms with Gasteiger partial charge in [-0.05, 0) is 49.1 Å². The highest BCUT2D eigenvalue weighted by Crippen LogP contribution is 2.46. The zero-order valence-electron chi connectivity index (χ0n) is 10.4. The van der Waals surface area contributed by atoms with E-state index in [2.05, 4.69) is 48.5 Å². The third-order valence-electron chi connectivity index (χ3n) is 3.90. The second-order valence-corrected chi connectivity index (χ2v) is 5.10. The molecule has 1 N–H and O–H groups in total. The number of benzene rings is 1. The fourth-order valence-electron chi connectivity index (χ4n) is 2.73. The molecule has 2 heteroatoms. The summed E-state index contributed by atoms with van der Waals surface area (Å²) in [6.45, 7) is 2.33. The van der Waals surface area contributed by atoms with Gasteiger partial charge in [0.15, 0.2) is 0 Å². The highest BCUT2D eigenvalue weighted by Gasteiger charge is 2.39. The molecule has 0 spiro atoms. The Morgan fingerprint density at radius 3 is 2.88 bits per heavy atom. The molecule has 1 saturated carbocycles. The third kappa shape index (κ3) is 1.93. The van der Waals surface area contributed by atoms with Gasteiger partial charge in [0.2, 0.25) is 0 Å². The normalized spacial score (nSPS) is 24.8.